The average Bonchev–Trinajstić information content (AvgIpc) is 2.64. The van der Waals surface area contributed by atoms with E-state index in [-0.39, 0.29) is 0 Å². The fourth-order valence-corrected chi connectivity index (χ4v) is 2.84. The molecule has 1 saturated heterocycles. The number of nitrogens with one attached hydrogen (secondary N) is 1. The third-order valence-electron chi connectivity index (χ3n) is 3.90. The molecule has 1 fully saturated rings. The van der Waals surface area contributed by atoms with E-state index >= 15 is 0 Å². The van der Waals surface area contributed by atoms with Crippen molar-refractivity contribution in [2.45, 2.75) is 32.7 Å². The van der Waals surface area contributed by atoms with Gasteiger partial charge in [0.05, 0.1) is 5.69 Å². The van der Waals surface area contributed by atoms with Crippen LogP contribution in [0.2, 0.25) is 5.02 Å². The molecule has 0 spiro atoms. The van der Waals surface area contributed by atoms with Gasteiger partial charge in [-0.25, -0.2) is 0 Å². The first kappa shape index (κ1) is 23.1. The summed E-state index contributed by atoms with van der Waals surface area (Å²) in [5.41, 5.74) is 5.12. The SMILES string of the molecule is C=C(Cl)/C=C\C=C(\C)CCl.ONc1cc(Cl)ccc1CN1CCCCC1. The molecule has 0 radical (unpaired) electrons. The molecule has 144 valence electrons. The van der Waals surface area contributed by atoms with Gasteiger partial charge in [0.2, 0.25) is 0 Å². The predicted molar refractivity (Wildman–Crippen MR) is 115 cm³/mol. The number of nitrogens with zero attached hydrogens (tertiary/aromatic N) is 1. The number of alkyl halides is 1. The average molecular weight is 418 g/mol. The van der Waals surface area contributed by atoms with Crippen LogP contribution in [0.1, 0.15) is 31.7 Å². The summed E-state index contributed by atoms with van der Waals surface area (Å²) in [6.07, 6.45) is 9.33. The lowest BCUT2D eigenvalue weighted by atomic mass is 10.1. The molecule has 0 saturated carbocycles. The highest BCUT2D eigenvalue weighted by Gasteiger charge is 2.12. The van der Waals surface area contributed by atoms with Gasteiger partial charge in [-0.05, 0) is 56.6 Å². The Hall–Kier alpha value is -0.970. The minimum Gasteiger partial charge on any atom is -0.299 e. The van der Waals surface area contributed by atoms with Crippen molar-refractivity contribution in [2.24, 2.45) is 0 Å². The summed E-state index contributed by atoms with van der Waals surface area (Å²) in [7, 11) is 0. The Labute approximate surface area is 171 Å². The summed E-state index contributed by atoms with van der Waals surface area (Å²) >= 11 is 16.8. The summed E-state index contributed by atoms with van der Waals surface area (Å²) in [5.74, 6) is 0.555. The van der Waals surface area contributed by atoms with E-state index in [1.165, 1.54) is 19.3 Å². The van der Waals surface area contributed by atoms with Gasteiger partial charge < -0.3 is 0 Å². The largest absolute Gasteiger partial charge is 0.299 e. The Morgan fingerprint density at radius 3 is 2.58 bits per heavy atom. The van der Waals surface area contributed by atoms with Gasteiger partial charge in [-0.3, -0.25) is 15.6 Å². The van der Waals surface area contributed by atoms with Crippen molar-refractivity contribution in [1.82, 2.24) is 4.90 Å². The normalized spacial score (nSPS) is 15.5. The maximum absolute atomic E-state index is 9.05. The van der Waals surface area contributed by atoms with E-state index in [2.05, 4.69) is 17.0 Å². The number of halogens is 3. The van der Waals surface area contributed by atoms with Crippen LogP contribution in [0.5, 0.6) is 0 Å². The summed E-state index contributed by atoms with van der Waals surface area (Å²) in [6.45, 7) is 8.61. The first-order valence-corrected chi connectivity index (χ1v) is 9.90. The molecule has 6 heteroatoms. The van der Waals surface area contributed by atoms with Gasteiger partial charge in [-0.15, -0.1) is 11.6 Å². The molecular formula is C20H27Cl3N2O. The molecule has 0 bridgehead atoms. The Morgan fingerprint density at radius 1 is 1.31 bits per heavy atom. The highest BCUT2D eigenvalue weighted by Crippen LogP contribution is 2.23. The van der Waals surface area contributed by atoms with Gasteiger partial charge in [0.25, 0.3) is 0 Å². The third kappa shape index (κ3) is 9.65. The summed E-state index contributed by atoms with van der Waals surface area (Å²) in [5, 5.41) is 10.2. The number of likely N-dealkylation sites (tertiary alicyclic amines) is 1. The van der Waals surface area contributed by atoms with Gasteiger partial charge in [0.15, 0.2) is 0 Å². The van der Waals surface area contributed by atoms with Crippen LogP contribution in [0.3, 0.4) is 0 Å². The number of anilines is 1. The number of benzene rings is 1. The Bertz CT molecular complexity index is 623. The minimum atomic E-state index is 0.527. The maximum Gasteiger partial charge on any atom is 0.0661 e. The van der Waals surface area contributed by atoms with Crippen LogP contribution in [0, 0.1) is 0 Å². The van der Waals surface area contributed by atoms with Crippen molar-refractivity contribution < 1.29 is 5.21 Å². The molecule has 26 heavy (non-hydrogen) atoms. The van der Waals surface area contributed by atoms with Crippen molar-refractivity contribution >= 4 is 40.5 Å². The molecule has 0 aliphatic carbocycles. The molecule has 2 N–H and O–H groups in total. The fraction of sp³-hybridized carbons (Fsp3) is 0.400. The van der Waals surface area contributed by atoms with Crippen LogP contribution in [0.4, 0.5) is 5.69 Å². The lowest BCUT2D eigenvalue weighted by Crippen LogP contribution is -2.29. The van der Waals surface area contributed by atoms with Crippen molar-refractivity contribution in [1.29, 1.82) is 0 Å². The van der Waals surface area contributed by atoms with E-state index in [4.69, 9.17) is 40.0 Å². The van der Waals surface area contributed by atoms with Crippen molar-refractivity contribution in [2.75, 3.05) is 24.4 Å². The highest BCUT2D eigenvalue weighted by atomic mass is 35.5. The van der Waals surface area contributed by atoms with E-state index in [9.17, 15) is 0 Å². The fourth-order valence-electron chi connectivity index (χ4n) is 2.51. The number of piperidine rings is 1. The van der Waals surface area contributed by atoms with E-state index in [1.54, 1.807) is 12.1 Å². The van der Waals surface area contributed by atoms with E-state index in [0.717, 1.165) is 30.8 Å². The second-order valence-electron chi connectivity index (χ2n) is 6.20. The molecular weight excluding hydrogens is 391 g/mol. The Balaban J connectivity index is 0.000000294. The van der Waals surface area contributed by atoms with E-state index < -0.39 is 0 Å². The predicted octanol–water partition coefficient (Wildman–Crippen LogP) is 6.61. The van der Waals surface area contributed by atoms with E-state index in [0.29, 0.717) is 21.6 Å². The Kier molecular flexibility index (Phi) is 11.7. The third-order valence-corrected chi connectivity index (χ3v) is 4.69. The van der Waals surface area contributed by atoms with Crippen molar-refractivity contribution in [3.05, 3.63) is 64.2 Å². The van der Waals surface area contributed by atoms with Gasteiger partial charge in [0, 0.05) is 22.5 Å². The van der Waals surface area contributed by atoms with Crippen LogP contribution >= 0.6 is 34.8 Å². The molecule has 1 heterocycles. The highest BCUT2D eigenvalue weighted by molar-refractivity contribution is 6.31. The zero-order valence-corrected chi connectivity index (χ0v) is 17.4. The summed E-state index contributed by atoms with van der Waals surface area (Å²) in [4.78, 5) is 2.41. The van der Waals surface area contributed by atoms with Gasteiger partial charge >= 0.3 is 0 Å². The molecule has 2 rings (SSSR count). The second kappa shape index (κ2) is 13.2. The van der Waals surface area contributed by atoms with Crippen LogP contribution < -0.4 is 5.48 Å². The smallest absolute Gasteiger partial charge is 0.0661 e. The van der Waals surface area contributed by atoms with Crippen LogP contribution in [-0.4, -0.2) is 29.1 Å². The topological polar surface area (TPSA) is 35.5 Å². The molecule has 1 aromatic carbocycles. The number of allylic oxidation sites excluding steroid dienone is 5. The molecule has 1 aromatic rings. The zero-order valence-electron chi connectivity index (χ0n) is 15.1. The molecule has 1 aliphatic heterocycles. The molecule has 0 unspecified atom stereocenters. The lowest BCUT2D eigenvalue weighted by Gasteiger charge is -2.27. The Morgan fingerprint density at radius 2 is 2.00 bits per heavy atom. The van der Waals surface area contributed by atoms with Gasteiger partial charge in [-0.2, -0.15) is 0 Å². The molecule has 0 amide bonds. The molecule has 3 nitrogen and oxygen atoms in total. The minimum absolute atomic E-state index is 0.527. The number of hydrogen-bond donors (Lipinski definition) is 2. The van der Waals surface area contributed by atoms with Crippen molar-refractivity contribution in [3.63, 3.8) is 0 Å². The van der Waals surface area contributed by atoms with Crippen molar-refractivity contribution in [3.8, 4) is 0 Å². The van der Waals surface area contributed by atoms with Gasteiger partial charge in [-0.1, -0.05) is 60.0 Å². The van der Waals surface area contributed by atoms with E-state index in [1.807, 2.05) is 31.2 Å². The van der Waals surface area contributed by atoms with Crippen LogP contribution in [-0.2, 0) is 6.54 Å². The first-order valence-electron chi connectivity index (χ1n) is 8.61. The second-order valence-corrected chi connectivity index (χ2v) is 7.39. The van der Waals surface area contributed by atoms with Crippen LogP contribution in [0.15, 0.2) is 53.6 Å². The van der Waals surface area contributed by atoms with Gasteiger partial charge in [0.1, 0.15) is 0 Å². The lowest BCUT2D eigenvalue weighted by molar-refractivity contribution is 0.220. The number of hydrogen-bond acceptors (Lipinski definition) is 3. The number of rotatable bonds is 6. The summed E-state index contributed by atoms with van der Waals surface area (Å²) < 4.78 is 0. The maximum atomic E-state index is 9.05. The first-order chi connectivity index (χ1) is 12.5. The molecule has 1 aliphatic rings. The molecule has 0 atom stereocenters. The molecule has 0 aromatic heterocycles. The van der Waals surface area contributed by atoms with Crippen LogP contribution in [0.25, 0.3) is 0 Å². The quantitative estimate of drug-likeness (QED) is 0.310. The zero-order chi connectivity index (χ0) is 19.4. The standard InChI is InChI=1S/C12H17ClN2O.C8H10Cl2/c13-11-5-4-10(12(8-11)14-16)9-15-6-2-1-3-7-15;1-7(6-9)4-3-5-8(2)10/h4-5,8,14,16H,1-3,6-7,9H2;3-5H,2,6H2,1H3/b;5-3-,7-4-. The summed E-state index contributed by atoms with van der Waals surface area (Å²) in [6, 6.07) is 5.58. The monoisotopic (exact) mass is 416 g/mol.